The number of hydrogen-bond donors (Lipinski definition) is 1. The van der Waals surface area contributed by atoms with Crippen LogP contribution in [0.25, 0.3) is 10.2 Å². The molecule has 0 unspecified atom stereocenters. The summed E-state index contributed by atoms with van der Waals surface area (Å²) >= 11 is 3.06. The Bertz CT molecular complexity index is 784. The largest absolute Gasteiger partial charge is 0.497 e. The zero-order valence-corrected chi connectivity index (χ0v) is 13.5. The molecule has 0 aliphatic rings. The fourth-order valence-electron chi connectivity index (χ4n) is 1.95. The fourth-order valence-corrected chi connectivity index (χ4v) is 3.37. The Morgan fingerprint density at radius 1 is 1.27 bits per heavy atom. The van der Waals surface area contributed by atoms with Crippen LogP contribution in [0.15, 0.2) is 52.9 Å². The first-order chi connectivity index (χ1) is 10.7. The van der Waals surface area contributed by atoms with Gasteiger partial charge < -0.3 is 10.1 Å². The minimum atomic E-state index is -0.0234. The van der Waals surface area contributed by atoms with Crippen LogP contribution in [0.4, 0.5) is 5.69 Å². The minimum absolute atomic E-state index is 0.0234. The number of rotatable bonds is 5. The van der Waals surface area contributed by atoms with Crippen molar-refractivity contribution in [2.75, 3.05) is 18.2 Å². The molecule has 1 amide bonds. The van der Waals surface area contributed by atoms with Crippen LogP contribution in [0, 0.1) is 0 Å². The number of benzene rings is 2. The van der Waals surface area contributed by atoms with E-state index in [1.807, 2.05) is 42.5 Å². The highest BCUT2D eigenvalue weighted by Gasteiger charge is 2.05. The molecule has 1 aromatic heterocycles. The van der Waals surface area contributed by atoms with Gasteiger partial charge in [0, 0.05) is 10.6 Å². The third-order valence-corrected chi connectivity index (χ3v) is 4.85. The number of fused-ring (bicyclic) bond motifs is 1. The van der Waals surface area contributed by atoms with Gasteiger partial charge in [-0.15, -0.1) is 23.1 Å². The molecular formula is C16H14N2O2S2. The molecule has 0 aliphatic carbocycles. The number of ether oxygens (including phenoxy) is 1. The number of carbonyl (C=O) groups is 1. The van der Waals surface area contributed by atoms with Crippen LogP contribution < -0.4 is 10.1 Å². The predicted molar refractivity (Wildman–Crippen MR) is 92.0 cm³/mol. The van der Waals surface area contributed by atoms with E-state index >= 15 is 0 Å². The van der Waals surface area contributed by atoms with Gasteiger partial charge in [0.05, 0.1) is 28.6 Å². The van der Waals surface area contributed by atoms with Gasteiger partial charge in [0.1, 0.15) is 5.75 Å². The zero-order valence-electron chi connectivity index (χ0n) is 11.9. The fraction of sp³-hybridized carbons (Fsp3) is 0.125. The van der Waals surface area contributed by atoms with Crippen molar-refractivity contribution in [3.05, 3.63) is 48.0 Å². The van der Waals surface area contributed by atoms with Crippen LogP contribution in [0.1, 0.15) is 0 Å². The van der Waals surface area contributed by atoms with E-state index in [4.69, 9.17) is 4.74 Å². The summed E-state index contributed by atoms with van der Waals surface area (Å²) in [6.07, 6.45) is 0. The second kappa shape index (κ2) is 6.81. The van der Waals surface area contributed by atoms with E-state index in [9.17, 15) is 4.79 Å². The van der Waals surface area contributed by atoms with Crippen molar-refractivity contribution in [2.45, 2.75) is 4.90 Å². The molecule has 0 atom stereocenters. The van der Waals surface area contributed by atoms with Crippen molar-refractivity contribution in [3.63, 3.8) is 0 Å². The lowest BCUT2D eigenvalue weighted by Gasteiger charge is -2.06. The maximum absolute atomic E-state index is 12.0. The molecule has 0 radical (unpaired) electrons. The van der Waals surface area contributed by atoms with Crippen molar-refractivity contribution < 1.29 is 9.53 Å². The number of methoxy groups -OCH3 is 1. The summed E-state index contributed by atoms with van der Waals surface area (Å²) in [5, 5.41) is 2.91. The number of aromatic nitrogens is 1. The molecule has 0 spiro atoms. The van der Waals surface area contributed by atoms with E-state index in [0.717, 1.165) is 26.5 Å². The molecule has 0 fully saturated rings. The molecule has 112 valence electrons. The van der Waals surface area contributed by atoms with Gasteiger partial charge in [-0.25, -0.2) is 4.98 Å². The standard InChI is InChI=1S/C16H14N2O2S2/c1-20-12-3-5-13(6-4-12)21-9-16(19)18-11-2-7-14-15(8-11)22-10-17-14/h2-8,10H,9H2,1H3,(H,18,19). The summed E-state index contributed by atoms with van der Waals surface area (Å²) < 4.78 is 6.18. The molecule has 1 heterocycles. The maximum atomic E-state index is 12.0. The molecule has 3 rings (SSSR count). The highest BCUT2D eigenvalue weighted by Crippen LogP contribution is 2.23. The van der Waals surface area contributed by atoms with Gasteiger partial charge in [-0.05, 0) is 42.5 Å². The molecule has 0 saturated heterocycles. The van der Waals surface area contributed by atoms with Crippen molar-refractivity contribution >= 4 is 44.9 Å². The van der Waals surface area contributed by atoms with E-state index < -0.39 is 0 Å². The average molecular weight is 330 g/mol. The van der Waals surface area contributed by atoms with Crippen LogP contribution in [-0.4, -0.2) is 23.8 Å². The quantitative estimate of drug-likeness (QED) is 0.718. The normalized spacial score (nSPS) is 10.6. The highest BCUT2D eigenvalue weighted by molar-refractivity contribution is 8.00. The average Bonchev–Trinajstić information content (AvgIpc) is 3.01. The number of anilines is 1. The Kier molecular flexibility index (Phi) is 4.60. The van der Waals surface area contributed by atoms with Gasteiger partial charge in [0.2, 0.25) is 5.91 Å². The van der Waals surface area contributed by atoms with Gasteiger partial charge in [0.15, 0.2) is 0 Å². The first-order valence-corrected chi connectivity index (χ1v) is 8.51. The molecule has 0 saturated carbocycles. The van der Waals surface area contributed by atoms with Crippen LogP contribution >= 0.6 is 23.1 Å². The summed E-state index contributed by atoms with van der Waals surface area (Å²) in [5.74, 6) is 1.16. The summed E-state index contributed by atoms with van der Waals surface area (Å²) in [7, 11) is 1.63. The van der Waals surface area contributed by atoms with Gasteiger partial charge >= 0.3 is 0 Å². The van der Waals surface area contributed by atoms with Gasteiger partial charge in [-0.3, -0.25) is 4.79 Å². The Hall–Kier alpha value is -2.05. The number of thiazole rings is 1. The first-order valence-electron chi connectivity index (χ1n) is 6.64. The van der Waals surface area contributed by atoms with Crippen LogP contribution in [-0.2, 0) is 4.79 Å². The molecule has 4 nitrogen and oxygen atoms in total. The van der Waals surface area contributed by atoms with Crippen molar-refractivity contribution in [1.29, 1.82) is 0 Å². The Balaban J connectivity index is 1.57. The topological polar surface area (TPSA) is 51.2 Å². The van der Waals surface area contributed by atoms with Crippen molar-refractivity contribution in [3.8, 4) is 5.75 Å². The maximum Gasteiger partial charge on any atom is 0.234 e. The number of hydrogen-bond acceptors (Lipinski definition) is 5. The van der Waals surface area contributed by atoms with Crippen molar-refractivity contribution in [2.24, 2.45) is 0 Å². The second-order valence-electron chi connectivity index (χ2n) is 4.55. The molecule has 22 heavy (non-hydrogen) atoms. The molecule has 1 N–H and O–H groups in total. The SMILES string of the molecule is COc1ccc(SCC(=O)Nc2ccc3ncsc3c2)cc1. The second-order valence-corrected chi connectivity index (χ2v) is 6.48. The van der Waals surface area contributed by atoms with E-state index in [2.05, 4.69) is 10.3 Å². The molecule has 6 heteroatoms. The summed E-state index contributed by atoms with van der Waals surface area (Å²) in [5.41, 5.74) is 3.56. The number of nitrogens with one attached hydrogen (secondary N) is 1. The lowest BCUT2D eigenvalue weighted by atomic mass is 10.3. The van der Waals surface area contributed by atoms with Crippen molar-refractivity contribution in [1.82, 2.24) is 4.98 Å². The van der Waals surface area contributed by atoms with E-state index in [-0.39, 0.29) is 5.91 Å². The monoisotopic (exact) mass is 330 g/mol. The molecular weight excluding hydrogens is 316 g/mol. The summed E-state index contributed by atoms with van der Waals surface area (Å²) in [6, 6.07) is 13.4. The van der Waals surface area contributed by atoms with Gasteiger partial charge in [-0.2, -0.15) is 0 Å². The third-order valence-electron chi connectivity index (χ3n) is 3.04. The summed E-state index contributed by atoms with van der Waals surface area (Å²) in [6.45, 7) is 0. The number of carbonyl (C=O) groups excluding carboxylic acids is 1. The smallest absolute Gasteiger partial charge is 0.234 e. The van der Waals surface area contributed by atoms with Crippen LogP contribution in [0.3, 0.4) is 0 Å². The first kappa shape index (κ1) is 14.9. The molecule has 3 aromatic rings. The summed E-state index contributed by atoms with van der Waals surface area (Å²) in [4.78, 5) is 17.3. The van der Waals surface area contributed by atoms with Gasteiger partial charge in [-0.1, -0.05) is 0 Å². The lowest BCUT2D eigenvalue weighted by molar-refractivity contribution is -0.113. The Morgan fingerprint density at radius 3 is 2.86 bits per heavy atom. The van der Waals surface area contributed by atoms with Crippen LogP contribution in [0.2, 0.25) is 0 Å². The molecule has 0 aliphatic heterocycles. The van der Waals surface area contributed by atoms with E-state index in [1.165, 1.54) is 11.8 Å². The Labute approximate surface area is 136 Å². The lowest BCUT2D eigenvalue weighted by Crippen LogP contribution is -2.13. The molecule has 2 aromatic carbocycles. The third kappa shape index (κ3) is 3.58. The minimum Gasteiger partial charge on any atom is -0.497 e. The number of amides is 1. The number of nitrogens with zero attached hydrogens (tertiary/aromatic N) is 1. The van der Waals surface area contributed by atoms with Crippen LogP contribution in [0.5, 0.6) is 5.75 Å². The van der Waals surface area contributed by atoms with Gasteiger partial charge in [0.25, 0.3) is 0 Å². The predicted octanol–water partition coefficient (Wildman–Crippen LogP) is 4.04. The zero-order chi connectivity index (χ0) is 15.4. The number of thioether (sulfide) groups is 1. The molecule has 0 bridgehead atoms. The van der Waals surface area contributed by atoms with E-state index in [0.29, 0.717) is 5.75 Å². The Morgan fingerprint density at radius 2 is 2.09 bits per heavy atom. The van der Waals surface area contributed by atoms with E-state index in [1.54, 1.807) is 24.0 Å². The highest BCUT2D eigenvalue weighted by atomic mass is 32.2.